The molecular weight excluding hydrogens is 252 g/mol. The first kappa shape index (κ1) is 14.6. The number of amides is 2. The molecule has 5 heteroatoms. The molecule has 0 spiro atoms. The normalized spacial score (nSPS) is 16.9. The predicted octanol–water partition coefficient (Wildman–Crippen LogP) is 1.96. The van der Waals surface area contributed by atoms with Gasteiger partial charge in [-0.1, -0.05) is 20.3 Å². The first-order valence-corrected chi connectivity index (χ1v) is 7.38. The van der Waals surface area contributed by atoms with Gasteiger partial charge in [-0.3, -0.25) is 4.98 Å². The molecular formula is C15H24N4O. The highest BCUT2D eigenvalue weighted by Gasteiger charge is 2.21. The Bertz CT molecular complexity index is 415. The minimum atomic E-state index is 0.0659. The molecule has 2 amide bonds. The molecule has 1 aliphatic heterocycles. The number of carbonyl (C=O) groups excluding carboxylic acids is 1. The van der Waals surface area contributed by atoms with E-state index >= 15 is 0 Å². The Morgan fingerprint density at radius 2 is 2.15 bits per heavy atom. The number of rotatable bonds is 4. The maximum absolute atomic E-state index is 12.0. The van der Waals surface area contributed by atoms with E-state index in [0.29, 0.717) is 5.92 Å². The van der Waals surface area contributed by atoms with Gasteiger partial charge in [0, 0.05) is 38.9 Å². The number of nitrogens with zero attached hydrogens (tertiary/aromatic N) is 3. The van der Waals surface area contributed by atoms with Crippen molar-refractivity contribution in [3.8, 4) is 0 Å². The Labute approximate surface area is 121 Å². The molecule has 0 bridgehead atoms. The summed E-state index contributed by atoms with van der Waals surface area (Å²) in [6.45, 7) is 8.32. The summed E-state index contributed by atoms with van der Waals surface area (Å²) in [6.07, 6.45) is 4.75. The topological polar surface area (TPSA) is 48.5 Å². The van der Waals surface area contributed by atoms with E-state index in [9.17, 15) is 4.79 Å². The Hall–Kier alpha value is -1.78. The lowest BCUT2D eigenvalue weighted by Gasteiger charge is -2.36. The molecule has 1 aliphatic rings. The van der Waals surface area contributed by atoms with E-state index in [0.717, 1.165) is 44.8 Å². The van der Waals surface area contributed by atoms with Gasteiger partial charge in [-0.15, -0.1) is 0 Å². The number of hydrogen-bond acceptors (Lipinski definition) is 3. The highest BCUT2D eigenvalue weighted by Crippen LogP contribution is 2.14. The van der Waals surface area contributed by atoms with Gasteiger partial charge in [-0.2, -0.15) is 0 Å². The third kappa shape index (κ3) is 3.85. The van der Waals surface area contributed by atoms with Crippen LogP contribution in [-0.2, 0) is 0 Å². The number of nitrogens with one attached hydrogen (secondary N) is 1. The molecule has 0 radical (unpaired) electrons. The Morgan fingerprint density at radius 3 is 2.75 bits per heavy atom. The second-order valence-electron chi connectivity index (χ2n) is 5.38. The van der Waals surface area contributed by atoms with Gasteiger partial charge >= 0.3 is 6.03 Å². The summed E-state index contributed by atoms with van der Waals surface area (Å²) in [7, 11) is 0. The van der Waals surface area contributed by atoms with E-state index in [1.807, 2.05) is 17.2 Å². The van der Waals surface area contributed by atoms with Crippen molar-refractivity contribution >= 4 is 11.7 Å². The summed E-state index contributed by atoms with van der Waals surface area (Å²) in [5.74, 6) is 0.538. The van der Waals surface area contributed by atoms with Gasteiger partial charge in [0.2, 0.25) is 0 Å². The summed E-state index contributed by atoms with van der Waals surface area (Å²) in [5, 5.41) is 3.01. The highest BCUT2D eigenvalue weighted by atomic mass is 16.2. The zero-order chi connectivity index (χ0) is 14.4. The number of urea groups is 1. The third-order valence-electron chi connectivity index (χ3n) is 3.88. The summed E-state index contributed by atoms with van der Waals surface area (Å²) in [5.41, 5.74) is 1.13. The molecule has 2 heterocycles. The largest absolute Gasteiger partial charge is 0.367 e. The molecule has 1 atom stereocenters. The molecule has 1 N–H and O–H groups in total. The average Bonchev–Trinajstić information content (AvgIpc) is 2.53. The van der Waals surface area contributed by atoms with Gasteiger partial charge in [0.05, 0.1) is 11.9 Å². The van der Waals surface area contributed by atoms with Crippen molar-refractivity contribution in [1.82, 2.24) is 15.2 Å². The average molecular weight is 276 g/mol. The van der Waals surface area contributed by atoms with Gasteiger partial charge in [0.25, 0.3) is 0 Å². The SMILES string of the molecule is CCC(C)CNC(=O)N1CCN(c2cccnc2)CC1. The molecule has 0 aliphatic carbocycles. The number of pyridine rings is 1. The molecule has 5 nitrogen and oxygen atoms in total. The van der Waals surface area contributed by atoms with Crippen LogP contribution >= 0.6 is 0 Å². The van der Waals surface area contributed by atoms with Crippen molar-refractivity contribution in [2.75, 3.05) is 37.6 Å². The smallest absolute Gasteiger partial charge is 0.317 e. The van der Waals surface area contributed by atoms with Crippen LogP contribution in [-0.4, -0.2) is 48.6 Å². The van der Waals surface area contributed by atoms with E-state index in [1.54, 1.807) is 6.20 Å². The number of hydrogen-bond donors (Lipinski definition) is 1. The summed E-state index contributed by atoms with van der Waals surface area (Å²) < 4.78 is 0. The van der Waals surface area contributed by atoms with Crippen molar-refractivity contribution < 1.29 is 4.79 Å². The molecule has 0 aromatic carbocycles. The van der Waals surface area contributed by atoms with Crippen LogP contribution in [0.3, 0.4) is 0 Å². The number of anilines is 1. The lowest BCUT2D eigenvalue weighted by molar-refractivity contribution is 0.192. The minimum Gasteiger partial charge on any atom is -0.367 e. The van der Waals surface area contributed by atoms with Gasteiger partial charge < -0.3 is 15.1 Å². The van der Waals surface area contributed by atoms with Crippen LogP contribution in [0.5, 0.6) is 0 Å². The summed E-state index contributed by atoms with van der Waals surface area (Å²) in [6, 6.07) is 4.07. The van der Waals surface area contributed by atoms with Gasteiger partial charge in [-0.05, 0) is 18.1 Å². The lowest BCUT2D eigenvalue weighted by Crippen LogP contribution is -2.52. The number of aromatic nitrogens is 1. The van der Waals surface area contributed by atoms with Crippen molar-refractivity contribution in [3.05, 3.63) is 24.5 Å². The number of carbonyl (C=O) groups is 1. The van der Waals surface area contributed by atoms with E-state index in [1.165, 1.54) is 0 Å². The summed E-state index contributed by atoms with van der Waals surface area (Å²) >= 11 is 0. The van der Waals surface area contributed by atoms with E-state index < -0.39 is 0 Å². The first-order valence-electron chi connectivity index (χ1n) is 7.38. The Morgan fingerprint density at radius 1 is 1.40 bits per heavy atom. The molecule has 1 aromatic heterocycles. The monoisotopic (exact) mass is 276 g/mol. The Kier molecular flexibility index (Phi) is 5.21. The van der Waals surface area contributed by atoms with E-state index in [4.69, 9.17) is 0 Å². The Balaban J connectivity index is 1.78. The second-order valence-corrected chi connectivity index (χ2v) is 5.38. The van der Waals surface area contributed by atoms with Crippen LogP contribution in [0.15, 0.2) is 24.5 Å². The molecule has 1 fully saturated rings. The zero-order valence-corrected chi connectivity index (χ0v) is 12.4. The van der Waals surface area contributed by atoms with Crippen LogP contribution in [0, 0.1) is 5.92 Å². The molecule has 110 valence electrons. The molecule has 1 unspecified atom stereocenters. The lowest BCUT2D eigenvalue weighted by atomic mass is 10.1. The maximum atomic E-state index is 12.0. The molecule has 1 saturated heterocycles. The molecule has 0 saturated carbocycles. The fourth-order valence-electron chi connectivity index (χ4n) is 2.23. The molecule has 1 aromatic rings. The molecule has 20 heavy (non-hydrogen) atoms. The van der Waals surface area contributed by atoms with Crippen molar-refractivity contribution in [2.45, 2.75) is 20.3 Å². The molecule has 2 rings (SSSR count). The van der Waals surface area contributed by atoms with E-state index in [2.05, 4.69) is 35.1 Å². The van der Waals surface area contributed by atoms with Crippen molar-refractivity contribution in [2.24, 2.45) is 5.92 Å². The van der Waals surface area contributed by atoms with Crippen LogP contribution < -0.4 is 10.2 Å². The summed E-state index contributed by atoms with van der Waals surface area (Å²) in [4.78, 5) is 20.4. The minimum absolute atomic E-state index is 0.0659. The quantitative estimate of drug-likeness (QED) is 0.914. The first-order chi connectivity index (χ1) is 9.70. The predicted molar refractivity (Wildman–Crippen MR) is 80.9 cm³/mol. The van der Waals surface area contributed by atoms with E-state index in [-0.39, 0.29) is 6.03 Å². The third-order valence-corrected chi connectivity index (χ3v) is 3.88. The van der Waals surface area contributed by atoms with Crippen LogP contribution in [0.25, 0.3) is 0 Å². The van der Waals surface area contributed by atoms with Crippen LogP contribution in [0.4, 0.5) is 10.5 Å². The fraction of sp³-hybridized carbons (Fsp3) is 0.600. The van der Waals surface area contributed by atoms with Crippen molar-refractivity contribution in [3.63, 3.8) is 0 Å². The highest BCUT2D eigenvalue weighted by molar-refractivity contribution is 5.74. The van der Waals surface area contributed by atoms with Crippen LogP contribution in [0.1, 0.15) is 20.3 Å². The maximum Gasteiger partial charge on any atom is 0.317 e. The van der Waals surface area contributed by atoms with Gasteiger partial charge in [-0.25, -0.2) is 4.79 Å². The van der Waals surface area contributed by atoms with Crippen molar-refractivity contribution in [1.29, 1.82) is 0 Å². The standard InChI is InChI=1S/C15H24N4O/c1-3-13(2)11-17-15(20)19-9-7-18(8-10-19)14-5-4-6-16-12-14/h4-6,12-13H,3,7-11H2,1-2H3,(H,17,20). The fourth-order valence-corrected chi connectivity index (χ4v) is 2.23. The van der Waals surface area contributed by atoms with Gasteiger partial charge in [0.15, 0.2) is 0 Å². The number of piperazine rings is 1. The zero-order valence-electron chi connectivity index (χ0n) is 12.4. The second kappa shape index (κ2) is 7.12. The van der Waals surface area contributed by atoms with Gasteiger partial charge in [0.1, 0.15) is 0 Å². The van der Waals surface area contributed by atoms with Crippen LogP contribution in [0.2, 0.25) is 0 Å².